The molecule has 1 atom stereocenters. The lowest BCUT2D eigenvalue weighted by Gasteiger charge is -2.17. The Labute approximate surface area is 74.5 Å². The Hall–Kier alpha value is -0.120. The van der Waals surface area contributed by atoms with Crippen molar-refractivity contribution in [3.63, 3.8) is 0 Å². The number of nitrogens with zero attached hydrogens (tertiary/aromatic N) is 1. The van der Waals surface area contributed by atoms with Gasteiger partial charge in [0.25, 0.3) is 0 Å². The molecule has 3 nitrogen and oxygen atoms in total. The van der Waals surface area contributed by atoms with E-state index in [-0.39, 0.29) is 6.61 Å². The molecule has 1 aliphatic rings. The summed E-state index contributed by atoms with van der Waals surface area (Å²) in [7, 11) is 0. The molecule has 0 bridgehead atoms. The second-order valence-electron chi connectivity index (χ2n) is 3.62. The first-order valence-electron chi connectivity index (χ1n) is 4.90. The monoisotopic (exact) mass is 172 g/mol. The third-order valence-corrected chi connectivity index (χ3v) is 2.64. The molecule has 0 aromatic carbocycles. The van der Waals surface area contributed by atoms with Gasteiger partial charge in [0.15, 0.2) is 0 Å². The van der Waals surface area contributed by atoms with Crippen LogP contribution in [0.25, 0.3) is 0 Å². The zero-order chi connectivity index (χ0) is 8.81. The minimum absolute atomic E-state index is 0.240. The molecular formula is C9H20N2O. The normalized spacial score (nSPS) is 21.5. The molecular weight excluding hydrogens is 152 g/mol. The molecule has 1 aliphatic heterocycles. The summed E-state index contributed by atoms with van der Waals surface area (Å²) < 4.78 is 0. The van der Waals surface area contributed by atoms with Crippen LogP contribution in [0.5, 0.6) is 0 Å². The van der Waals surface area contributed by atoms with E-state index < -0.39 is 0 Å². The van der Waals surface area contributed by atoms with E-state index in [0.717, 1.165) is 13.0 Å². The first-order valence-corrected chi connectivity index (χ1v) is 4.90. The Morgan fingerprint density at radius 2 is 2.00 bits per heavy atom. The van der Waals surface area contributed by atoms with Gasteiger partial charge >= 0.3 is 0 Å². The largest absolute Gasteiger partial charge is 0.396 e. The van der Waals surface area contributed by atoms with Crippen molar-refractivity contribution in [3.05, 3.63) is 0 Å². The predicted octanol–water partition coefficient (Wildman–Crippen LogP) is 0.0395. The van der Waals surface area contributed by atoms with Crippen LogP contribution in [-0.4, -0.2) is 42.8 Å². The predicted molar refractivity (Wildman–Crippen MR) is 49.9 cm³/mol. The molecule has 1 heterocycles. The van der Waals surface area contributed by atoms with Gasteiger partial charge in [0, 0.05) is 6.61 Å². The van der Waals surface area contributed by atoms with Gasteiger partial charge < -0.3 is 15.7 Å². The van der Waals surface area contributed by atoms with Crippen LogP contribution >= 0.6 is 0 Å². The number of aliphatic hydroxyl groups is 1. The fourth-order valence-electron chi connectivity index (χ4n) is 1.66. The quantitative estimate of drug-likeness (QED) is 0.615. The maximum atomic E-state index is 8.90. The topological polar surface area (TPSA) is 49.5 Å². The summed E-state index contributed by atoms with van der Waals surface area (Å²) in [4.78, 5) is 2.46. The number of hydrogen-bond donors (Lipinski definition) is 2. The van der Waals surface area contributed by atoms with Crippen molar-refractivity contribution < 1.29 is 5.11 Å². The zero-order valence-corrected chi connectivity index (χ0v) is 7.71. The average molecular weight is 172 g/mol. The second kappa shape index (κ2) is 5.51. The van der Waals surface area contributed by atoms with E-state index in [4.69, 9.17) is 10.8 Å². The van der Waals surface area contributed by atoms with Gasteiger partial charge in [0.1, 0.15) is 0 Å². The van der Waals surface area contributed by atoms with E-state index in [1.54, 1.807) is 0 Å². The first-order chi connectivity index (χ1) is 5.86. The lowest BCUT2D eigenvalue weighted by Crippen LogP contribution is -2.26. The van der Waals surface area contributed by atoms with Crippen molar-refractivity contribution in [2.24, 2.45) is 11.7 Å². The van der Waals surface area contributed by atoms with Crippen LogP contribution < -0.4 is 5.73 Å². The smallest absolute Gasteiger partial charge is 0.0471 e. The van der Waals surface area contributed by atoms with Crippen molar-refractivity contribution in [3.8, 4) is 0 Å². The minimum atomic E-state index is 0.240. The summed E-state index contributed by atoms with van der Waals surface area (Å²) in [5, 5.41) is 8.90. The van der Waals surface area contributed by atoms with Crippen LogP contribution in [0, 0.1) is 5.92 Å². The summed E-state index contributed by atoms with van der Waals surface area (Å²) in [6, 6.07) is 0. The van der Waals surface area contributed by atoms with E-state index in [9.17, 15) is 0 Å². The zero-order valence-electron chi connectivity index (χ0n) is 7.71. The molecule has 1 fully saturated rings. The van der Waals surface area contributed by atoms with Crippen molar-refractivity contribution in [1.82, 2.24) is 4.90 Å². The highest BCUT2D eigenvalue weighted by Gasteiger charge is 2.13. The molecule has 12 heavy (non-hydrogen) atoms. The van der Waals surface area contributed by atoms with E-state index >= 15 is 0 Å². The molecule has 1 unspecified atom stereocenters. The van der Waals surface area contributed by atoms with Gasteiger partial charge in [-0.1, -0.05) is 0 Å². The van der Waals surface area contributed by atoms with Crippen LogP contribution in [0.15, 0.2) is 0 Å². The SMILES string of the molecule is NCC(CO)CCN1CCCC1. The molecule has 0 saturated carbocycles. The molecule has 0 radical (unpaired) electrons. The summed E-state index contributed by atoms with van der Waals surface area (Å²) in [5.41, 5.74) is 5.49. The molecule has 72 valence electrons. The highest BCUT2D eigenvalue weighted by molar-refractivity contribution is 4.68. The van der Waals surface area contributed by atoms with Crippen molar-refractivity contribution in [2.45, 2.75) is 19.3 Å². The summed E-state index contributed by atoms with van der Waals surface area (Å²) in [5.74, 6) is 0.311. The Bertz CT molecular complexity index is 107. The highest BCUT2D eigenvalue weighted by Crippen LogP contribution is 2.09. The maximum absolute atomic E-state index is 8.90. The average Bonchev–Trinajstić information content (AvgIpc) is 2.59. The Kier molecular flexibility index (Phi) is 4.58. The van der Waals surface area contributed by atoms with Crippen LogP contribution in [0.1, 0.15) is 19.3 Å². The van der Waals surface area contributed by atoms with E-state index in [0.29, 0.717) is 12.5 Å². The molecule has 3 N–H and O–H groups in total. The van der Waals surface area contributed by atoms with E-state index in [1.807, 2.05) is 0 Å². The Morgan fingerprint density at radius 3 is 2.50 bits per heavy atom. The van der Waals surface area contributed by atoms with Gasteiger partial charge in [-0.25, -0.2) is 0 Å². The van der Waals surface area contributed by atoms with E-state index in [2.05, 4.69) is 4.90 Å². The molecule has 1 rings (SSSR count). The van der Waals surface area contributed by atoms with E-state index in [1.165, 1.54) is 25.9 Å². The van der Waals surface area contributed by atoms with Crippen molar-refractivity contribution in [1.29, 1.82) is 0 Å². The van der Waals surface area contributed by atoms with Gasteiger partial charge in [0.2, 0.25) is 0 Å². The highest BCUT2D eigenvalue weighted by atomic mass is 16.3. The lowest BCUT2D eigenvalue weighted by atomic mass is 10.1. The second-order valence-corrected chi connectivity index (χ2v) is 3.62. The summed E-state index contributed by atoms with van der Waals surface area (Å²) >= 11 is 0. The van der Waals surface area contributed by atoms with Crippen molar-refractivity contribution >= 4 is 0 Å². The lowest BCUT2D eigenvalue weighted by molar-refractivity contribution is 0.204. The van der Waals surface area contributed by atoms with Crippen LogP contribution in [0.2, 0.25) is 0 Å². The van der Waals surface area contributed by atoms with Gasteiger partial charge in [-0.2, -0.15) is 0 Å². The third kappa shape index (κ3) is 3.09. The van der Waals surface area contributed by atoms with Gasteiger partial charge in [0.05, 0.1) is 0 Å². The third-order valence-electron chi connectivity index (χ3n) is 2.64. The van der Waals surface area contributed by atoms with Gasteiger partial charge in [-0.05, 0) is 51.4 Å². The molecule has 0 spiro atoms. The van der Waals surface area contributed by atoms with Gasteiger partial charge in [-0.3, -0.25) is 0 Å². The molecule has 0 aliphatic carbocycles. The fourth-order valence-corrected chi connectivity index (χ4v) is 1.66. The number of nitrogens with two attached hydrogens (primary N) is 1. The van der Waals surface area contributed by atoms with Crippen molar-refractivity contribution in [2.75, 3.05) is 32.8 Å². The standard InChI is InChI=1S/C9H20N2O/c10-7-9(8-12)3-6-11-4-1-2-5-11/h9,12H,1-8,10H2. The van der Waals surface area contributed by atoms with Crippen LogP contribution in [0.3, 0.4) is 0 Å². The van der Waals surface area contributed by atoms with Crippen LogP contribution in [0.4, 0.5) is 0 Å². The molecule has 1 saturated heterocycles. The Morgan fingerprint density at radius 1 is 1.33 bits per heavy atom. The minimum Gasteiger partial charge on any atom is -0.396 e. The number of likely N-dealkylation sites (tertiary alicyclic amines) is 1. The van der Waals surface area contributed by atoms with Gasteiger partial charge in [-0.15, -0.1) is 0 Å². The molecule has 0 amide bonds. The first kappa shape index (κ1) is 9.96. The molecule has 0 aromatic rings. The molecule has 3 heteroatoms. The summed E-state index contributed by atoms with van der Waals surface area (Å²) in [6.07, 6.45) is 3.73. The maximum Gasteiger partial charge on any atom is 0.0471 e. The number of rotatable bonds is 5. The van der Waals surface area contributed by atoms with Crippen LogP contribution in [-0.2, 0) is 0 Å². The molecule has 0 aromatic heterocycles. The number of aliphatic hydroxyl groups excluding tert-OH is 1. The Balaban J connectivity index is 2.06. The number of hydrogen-bond acceptors (Lipinski definition) is 3. The fraction of sp³-hybridized carbons (Fsp3) is 1.00. The summed E-state index contributed by atoms with van der Waals surface area (Å²) in [6.45, 7) is 4.45.